The number of rotatable bonds is 3. The highest BCUT2D eigenvalue weighted by Crippen LogP contribution is 2.40. The molecular weight excluding hydrogens is 248 g/mol. The number of Topliss-reactive ketones (excluding diaryl/α,β-unsaturated/α-hetero) is 1. The third kappa shape index (κ3) is 3.39. The summed E-state index contributed by atoms with van der Waals surface area (Å²) >= 11 is 0. The summed E-state index contributed by atoms with van der Waals surface area (Å²) in [5.74, 6) is 3.58. The highest BCUT2D eigenvalue weighted by atomic mass is 28.3. The minimum absolute atomic E-state index is 0.306. The number of hydrogen-bond donors (Lipinski definition) is 0. The van der Waals surface area contributed by atoms with Crippen molar-refractivity contribution in [2.75, 3.05) is 0 Å². The Morgan fingerprint density at radius 3 is 1.89 bits per heavy atom. The van der Waals surface area contributed by atoms with Gasteiger partial charge in [-0.05, 0) is 35.5 Å². The molecule has 0 aliphatic heterocycles. The molecular formula is C17H28OSi. The Hall–Kier alpha value is -0.813. The molecule has 1 nitrogen and oxygen atoms in total. The van der Waals surface area contributed by atoms with E-state index >= 15 is 0 Å². The number of hydrogen-bond acceptors (Lipinski definition) is 1. The van der Waals surface area contributed by atoms with E-state index in [0.29, 0.717) is 28.8 Å². The van der Waals surface area contributed by atoms with Gasteiger partial charge in [-0.25, -0.2) is 0 Å². The first-order chi connectivity index (χ1) is 8.82. The molecule has 1 saturated carbocycles. The van der Waals surface area contributed by atoms with Gasteiger partial charge in [0.1, 0.15) is 8.07 Å². The maximum absolute atomic E-state index is 11.6. The molecule has 0 amide bonds. The Kier molecular flexibility index (Phi) is 5.61. The maximum Gasteiger partial charge on any atom is 0.159 e. The van der Waals surface area contributed by atoms with Crippen LogP contribution in [0.5, 0.6) is 0 Å². The Morgan fingerprint density at radius 1 is 1.00 bits per heavy atom. The molecule has 0 heterocycles. The summed E-state index contributed by atoms with van der Waals surface area (Å²) in [6, 6.07) is 0. The van der Waals surface area contributed by atoms with Gasteiger partial charge in [-0.15, -0.1) is 5.54 Å². The monoisotopic (exact) mass is 276 g/mol. The van der Waals surface area contributed by atoms with Crippen LogP contribution in [-0.4, -0.2) is 13.9 Å². The molecule has 106 valence electrons. The Bertz CT molecular complexity index is 397. The minimum atomic E-state index is -1.64. The number of carbonyl (C=O) groups is 1. The van der Waals surface area contributed by atoms with Crippen LogP contribution in [-0.2, 0) is 4.79 Å². The van der Waals surface area contributed by atoms with Crippen molar-refractivity contribution in [2.24, 2.45) is 0 Å². The van der Waals surface area contributed by atoms with Gasteiger partial charge in [0.05, 0.1) is 0 Å². The van der Waals surface area contributed by atoms with Crippen LogP contribution in [0.1, 0.15) is 60.8 Å². The van der Waals surface area contributed by atoms with Crippen LogP contribution < -0.4 is 0 Å². The van der Waals surface area contributed by atoms with Gasteiger partial charge in [0.2, 0.25) is 0 Å². The van der Waals surface area contributed by atoms with Gasteiger partial charge < -0.3 is 0 Å². The predicted octanol–water partition coefficient (Wildman–Crippen LogP) is 4.89. The summed E-state index contributed by atoms with van der Waals surface area (Å²) in [5, 5.41) is 0. The second-order valence-corrected chi connectivity index (χ2v) is 12.2. The molecule has 0 aromatic heterocycles. The van der Waals surface area contributed by atoms with E-state index in [0.717, 1.165) is 18.4 Å². The van der Waals surface area contributed by atoms with Gasteiger partial charge in [0.25, 0.3) is 0 Å². The first-order valence-electron chi connectivity index (χ1n) is 7.57. The summed E-state index contributed by atoms with van der Waals surface area (Å²) in [4.78, 5) is 11.6. The second kappa shape index (κ2) is 6.57. The van der Waals surface area contributed by atoms with Crippen LogP contribution in [0.25, 0.3) is 0 Å². The molecule has 0 aromatic carbocycles. The first-order valence-corrected chi connectivity index (χ1v) is 9.80. The standard InChI is InChI=1S/C17H28OSi/c1-13(2)19(14(3)4,15(5)6)12-8-10-16-9-7-11-17(16)18/h10,13-15H,7,9,11H2,1-6H3/b16-10-. The van der Waals surface area contributed by atoms with Crippen LogP contribution in [0.15, 0.2) is 11.6 Å². The summed E-state index contributed by atoms with van der Waals surface area (Å²) < 4.78 is 0. The minimum Gasteiger partial charge on any atom is -0.295 e. The molecule has 0 bridgehead atoms. The van der Waals surface area contributed by atoms with Crippen LogP contribution >= 0.6 is 0 Å². The lowest BCUT2D eigenvalue weighted by atomic mass is 10.2. The Labute approximate surface area is 119 Å². The number of allylic oxidation sites excluding steroid dienone is 2. The number of carbonyl (C=O) groups excluding carboxylic acids is 1. The molecule has 0 spiro atoms. The molecule has 0 atom stereocenters. The number of ketones is 1. The van der Waals surface area contributed by atoms with E-state index in [1.54, 1.807) is 0 Å². The lowest BCUT2D eigenvalue weighted by Crippen LogP contribution is -2.43. The van der Waals surface area contributed by atoms with Crippen molar-refractivity contribution in [3.63, 3.8) is 0 Å². The van der Waals surface area contributed by atoms with Gasteiger partial charge in [0, 0.05) is 12.0 Å². The normalized spacial score (nSPS) is 18.6. The van der Waals surface area contributed by atoms with Gasteiger partial charge in [-0.3, -0.25) is 4.79 Å². The van der Waals surface area contributed by atoms with E-state index in [2.05, 4.69) is 53.0 Å². The van der Waals surface area contributed by atoms with E-state index in [4.69, 9.17) is 0 Å². The summed E-state index contributed by atoms with van der Waals surface area (Å²) in [5.41, 5.74) is 6.54. The quantitative estimate of drug-likeness (QED) is 0.407. The van der Waals surface area contributed by atoms with Crippen molar-refractivity contribution < 1.29 is 4.79 Å². The smallest absolute Gasteiger partial charge is 0.159 e. The van der Waals surface area contributed by atoms with Crippen molar-refractivity contribution >= 4 is 13.9 Å². The molecule has 1 aliphatic rings. The molecule has 1 rings (SSSR count). The third-order valence-electron chi connectivity index (χ3n) is 4.61. The fraction of sp³-hybridized carbons (Fsp3) is 0.706. The fourth-order valence-electron chi connectivity index (χ4n) is 3.57. The summed E-state index contributed by atoms with van der Waals surface area (Å²) in [6.45, 7) is 13.9. The fourth-order valence-corrected chi connectivity index (χ4v) is 8.76. The lowest BCUT2D eigenvalue weighted by Gasteiger charge is -2.38. The molecule has 1 aliphatic carbocycles. The molecule has 0 aromatic rings. The van der Waals surface area contributed by atoms with E-state index in [9.17, 15) is 4.79 Å². The topological polar surface area (TPSA) is 17.1 Å². The van der Waals surface area contributed by atoms with Gasteiger partial charge in [-0.1, -0.05) is 47.5 Å². The lowest BCUT2D eigenvalue weighted by molar-refractivity contribution is -0.114. The summed E-state index contributed by atoms with van der Waals surface area (Å²) in [7, 11) is -1.64. The average molecular weight is 276 g/mol. The van der Waals surface area contributed by atoms with E-state index in [-0.39, 0.29) is 0 Å². The Balaban J connectivity index is 3.06. The largest absolute Gasteiger partial charge is 0.295 e. The van der Waals surface area contributed by atoms with Crippen molar-refractivity contribution in [1.82, 2.24) is 0 Å². The van der Waals surface area contributed by atoms with E-state index in [1.165, 1.54) is 0 Å². The second-order valence-electron chi connectivity index (χ2n) is 6.61. The molecule has 0 saturated heterocycles. The molecule has 0 radical (unpaired) electrons. The van der Waals surface area contributed by atoms with Crippen LogP contribution in [0, 0.1) is 11.5 Å². The van der Waals surface area contributed by atoms with Crippen LogP contribution in [0.3, 0.4) is 0 Å². The van der Waals surface area contributed by atoms with Crippen molar-refractivity contribution in [3.05, 3.63) is 11.6 Å². The maximum atomic E-state index is 11.6. The zero-order chi connectivity index (χ0) is 14.6. The third-order valence-corrected chi connectivity index (χ3v) is 10.9. The van der Waals surface area contributed by atoms with Gasteiger partial charge in [-0.2, -0.15) is 0 Å². The van der Waals surface area contributed by atoms with Crippen molar-refractivity contribution in [3.8, 4) is 11.5 Å². The van der Waals surface area contributed by atoms with Gasteiger partial charge in [0.15, 0.2) is 5.78 Å². The molecule has 2 heteroatoms. The molecule has 1 fully saturated rings. The molecule has 0 N–H and O–H groups in total. The SMILES string of the molecule is CC(C)[Si](C#C/C=C1/CCCC1=O)(C(C)C)C(C)C. The molecule has 19 heavy (non-hydrogen) atoms. The van der Waals surface area contributed by atoms with Crippen LogP contribution in [0.4, 0.5) is 0 Å². The van der Waals surface area contributed by atoms with Crippen molar-refractivity contribution in [1.29, 1.82) is 0 Å². The zero-order valence-electron chi connectivity index (χ0n) is 13.3. The predicted molar refractivity (Wildman–Crippen MR) is 85.8 cm³/mol. The highest BCUT2D eigenvalue weighted by Gasteiger charge is 2.41. The van der Waals surface area contributed by atoms with Gasteiger partial charge >= 0.3 is 0 Å². The Morgan fingerprint density at radius 2 is 1.53 bits per heavy atom. The first kappa shape index (κ1) is 16.2. The summed E-state index contributed by atoms with van der Waals surface area (Å²) in [6.07, 6.45) is 4.55. The van der Waals surface area contributed by atoms with Crippen molar-refractivity contribution in [2.45, 2.75) is 77.4 Å². The van der Waals surface area contributed by atoms with Crippen LogP contribution in [0.2, 0.25) is 16.6 Å². The zero-order valence-corrected chi connectivity index (χ0v) is 14.3. The highest BCUT2D eigenvalue weighted by molar-refractivity contribution is 6.90. The van der Waals surface area contributed by atoms with E-state index in [1.807, 2.05) is 6.08 Å². The molecule has 0 unspecified atom stereocenters. The van der Waals surface area contributed by atoms with E-state index < -0.39 is 8.07 Å². The average Bonchev–Trinajstić information content (AvgIpc) is 2.69.